The second-order valence-corrected chi connectivity index (χ2v) is 6.70. The number of hydrogen-bond donors (Lipinski definition) is 0. The minimum absolute atomic E-state index is 0.0796. The number of rotatable bonds is 7. The van der Waals surface area contributed by atoms with E-state index < -0.39 is 5.97 Å². The number of nitrogens with zero attached hydrogens (tertiary/aromatic N) is 1. The Morgan fingerprint density at radius 1 is 1.18 bits per heavy atom. The Morgan fingerprint density at radius 2 is 1.96 bits per heavy atom. The molecule has 0 aromatic heterocycles. The van der Waals surface area contributed by atoms with E-state index in [-0.39, 0.29) is 17.7 Å². The number of carbonyl (C=O) groups excluding carboxylic acids is 1. The van der Waals surface area contributed by atoms with Gasteiger partial charge in [-0.3, -0.25) is 0 Å². The lowest BCUT2D eigenvalue weighted by Gasteiger charge is -2.16. The maximum Gasteiger partial charge on any atom is 0.363 e. The fraction of sp³-hybridized carbons (Fsp3) is 0.273. The largest absolute Gasteiger partial charge is 0.490 e. The molecule has 6 heteroatoms. The van der Waals surface area contributed by atoms with Crippen LogP contribution < -0.4 is 9.47 Å². The average Bonchev–Trinajstić information content (AvgIpc) is 3.04. The second-order valence-electron chi connectivity index (χ2n) is 6.29. The van der Waals surface area contributed by atoms with Crippen molar-refractivity contribution in [2.75, 3.05) is 6.61 Å². The number of ether oxygens (including phenoxy) is 3. The maximum atomic E-state index is 12.2. The molecule has 0 spiro atoms. The number of aliphatic imine (C=N–C) groups is 1. The molecule has 0 amide bonds. The van der Waals surface area contributed by atoms with Crippen molar-refractivity contribution in [2.45, 2.75) is 33.3 Å². The van der Waals surface area contributed by atoms with Crippen LogP contribution in [0.1, 0.15) is 38.3 Å². The van der Waals surface area contributed by atoms with Gasteiger partial charge in [0.25, 0.3) is 0 Å². The molecule has 146 valence electrons. The fourth-order valence-corrected chi connectivity index (χ4v) is 2.81. The number of halogens is 1. The van der Waals surface area contributed by atoms with E-state index in [1.165, 1.54) is 0 Å². The van der Waals surface area contributed by atoms with Crippen LogP contribution in [0.15, 0.2) is 53.2 Å². The first-order valence-electron chi connectivity index (χ1n) is 9.22. The van der Waals surface area contributed by atoms with Crippen LogP contribution in [0.25, 0.3) is 6.08 Å². The van der Waals surface area contributed by atoms with Gasteiger partial charge in [-0.1, -0.05) is 36.7 Å². The lowest BCUT2D eigenvalue weighted by atomic mass is 10.1. The van der Waals surface area contributed by atoms with Gasteiger partial charge in [-0.25, -0.2) is 9.79 Å². The first-order chi connectivity index (χ1) is 13.5. The predicted octanol–water partition coefficient (Wildman–Crippen LogP) is 5.26. The highest BCUT2D eigenvalue weighted by atomic mass is 35.5. The average molecular weight is 400 g/mol. The Balaban J connectivity index is 1.91. The third-order valence-corrected chi connectivity index (χ3v) is 4.53. The number of esters is 1. The number of cyclic esters (lactones) is 1. The molecule has 0 saturated carbocycles. The van der Waals surface area contributed by atoms with Crippen molar-refractivity contribution in [3.8, 4) is 11.5 Å². The highest BCUT2D eigenvalue weighted by Gasteiger charge is 2.25. The van der Waals surface area contributed by atoms with Crippen molar-refractivity contribution in [3.63, 3.8) is 0 Å². The lowest BCUT2D eigenvalue weighted by molar-refractivity contribution is -0.129. The van der Waals surface area contributed by atoms with Crippen molar-refractivity contribution in [3.05, 3.63) is 64.3 Å². The Bertz CT molecular complexity index is 936. The van der Waals surface area contributed by atoms with Gasteiger partial charge in [0.05, 0.1) is 23.3 Å². The van der Waals surface area contributed by atoms with Crippen molar-refractivity contribution in [1.82, 2.24) is 0 Å². The van der Waals surface area contributed by atoms with Gasteiger partial charge in [-0.05, 0) is 56.2 Å². The van der Waals surface area contributed by atoms with Crippen molar-refractivity contribution in [2.24, 2.45) is 4.99 Å². The summed E-state index contributed by atoms with van der Waals surface area (Å²) in [6.45, 7) is 6.48. The molecule has 3 rings (SSSR count). The summed E-state index contributed by atoms with van der Waals surface area (Å²) in [4.78, 5) is 16.5. The molecule has 1 atom stereocenters. The van der Waals surface area contributed by atoms with Gasteiger partial charge >= 0.3 is 5.97 Å². The molecule has 1 aliphatic rings. The van der Waals surface area contributed by atoms with Gasteiger partial charge in [0.1, 0.15) is 0 Å². The van der Waals surface area contributed by atoms with E-state index in [1.54, 1.807) is 24.3 Å². The van der Waals surface area contributed by atoms with Gasteiger partial charge in [0.15, 0.2) is 17.2 Å². The van der Waals surface area contributed by atoms with E-state index in [9.17, 15) is 4.79 Å². The maximum absolute atomic E-state index is 12.2. The first-order valence-corrected chi connectivity index (χ1v) is 9.60. The highest BCUT2D eigenvalue weighted by molar-refractivity contribution is 6.34. The summed E-state index contributed by atoms with van der Waals surface area (Å²) in [5, 5.41) is 0.473. The molecule has 0 aliphatic carbocycles. The fourth-order valence-electron chi connectivity index (χ4n) is 2.60. The lowest BCUT2D eigenvalue weighted by Crippen LogP contribution is -2.10. The summed E-state index contributed by atoms with van der Waals surface area (Å²) in [5.41, 5.74) is 1.54. The molecule has 0 saturated heterocycles. The van der Waals surface area contributed by atoms with Crippen molar-refractivity contribution < 1.29 is 19.0 Å². The van der Waals surface area contributed by atoms with E-state index in [1.807, 2.05) is 38.1 Å². The van der Waals surface area contributed by atoms with Crippen LogP contribution in [0.5, 0.6) is 11.5 Å². The number of benzene rings is 2. The SMILES string of the molecule is CCOc1cc(/C=C2\N=C(c3ccccc3Cl)OC2=O)ccc1OC(C)CC. The summed E-state index contributed by atoms with van der Waals surface area (Å²) in [5.74, 6) is 0.975. The molecular formula is C22H22ClNO4. The summed E-state index contributed by atoms with van der Waals surface area (Å²) < 4.78 is 16.9. The summed E-state index contributed by atoms with van der Waals surface area (Å²) >= 11 is 6.16. The molecule has 2 aromatic rings. The highest BCUT2D eigenvalue weighted by Crippen LogP contribution is 2.31. The quantitative estimate of drug-likeness (QED) is 0.470. The van der Waals surface area contributed by atoms with Crippen LogP contribution in [-0.2, 0) is 9.53 Å². The Morgan fingerprint density at radius 3 is 2.68 bits per heavy atom. The van der Waals surface area contributed by atoms with E-state index >= 15 is 0 Å². The van der Waals surface area contributed by atoms with Gasteiger partial charge < -0.3 is 14.2 Å². The first kappa shape index (κ1) is 20.0. The molecular weight excluding hydrogens is 378 g/mol. The van der Waals surface area contributed by atoms with Crippen molar-refractivity contribution in [1.29, 1.82) is 0 Å². The topological polar surface area (TPSA) is 57.1 Å². The third-order valence-electron chi connectivity index (χ3n) is 4.20. The van der Waals surface area contributed by atoms with Crippen LogP contribution in [0.4, 0.5) is 0 Å². The van der Waals surface area contributed by atoms with E-state index in [0.717, 1.165) is 12.0 Å². The Hall–Kier alpha value is -2.79. The molecule has 5 nitrogen and oxygen atoms in total. The molecule has 0 bridgehead atoms. The van der Waals surface area contributed by atoms with Crippen LogP contribution in [0.2, 0.25) is 5.02 Å². The normalized spacial score (nSPS) is 15.9. The van der Waals surface area contributed by atoms with Crippen LogP contribution in [0.3, 0.4) is 0 Å². The Kier molecular flexibility index (Phi) is 6.37. The zero-order chi connectivity index (χ0) is 20.1. The minimum Gasteiger partial charge on any atom is -0.490 e. The molecule has 0 radical (unpaired) electrons. The summed E-state index contributed by atoms with van der Waals surface area (Å²) in [7, 11) is 0. The molecule has 1 unspecified atom stereocenters. The van der Waals surface area contributed by atoms with Gasteiger partial charge in [-0.15, -0.1) is 0 Å². The molecule has 2 aromatic carbocycles. The van der Waals surface area contributed by atoms with E-state index in [4.69, 9.17) is 25.8 Å². The van der Waals surface area contributed by atoms with Gasteiger partial charge in [-0.2, -0.15) is 0 Å². The molecule has 0 fully saturated rings. The monoisotopic (exact) mass is 399 g/mol. The smallest absolute Gasteiger partial charge is 0.363 e. The van der Waals surface area contributed by atoms with Gasteiger partial charge in [0, 0.05) is 0 Å². The predicted molar refractivity (Wildman–Crippen MR) is 110 cm³/mol. The van der Waals surface area contributed by atoms with Crippen molar-refractivity contribution >= 4 is 29.5 Å². The zero-order valence-corrected chi connectivity index (χ0v) is 16.8. The summed E-state index contributed by atoms with van der Waals surface area (Å²) in [6, 6.07) is 12.6. The zero-order valence-electron chi connectivity index (χ0n) is 16.1. The third kappa shape index (κ3) is 4.54. The van der Waals surface area contributed by atoms with E-state index in [0.29, 0.717) is 28.7 Å². The number of hydrogen-bond acceptors (Lipinski definition) is 5. The minimum atomic E-state index is -0.521. The Labute approximate surface area is 169 Å². The molecule has 0 N–H and O–H groups in total. The summed E-state index contributed by atoms with van der Waals surface area (Å²) in [6.07, 6.45) is 2.63. The van der Waals surface area contributed by atoms with E-state index in [2.05, 4.69) is 11.9 Å². The van der Waals surface area contributed by atoms with Crippen LogP contribution in [-0.4, -0.2) is 24.6 Å². The molecule has 1 heterocycles. The van der Waals surface area contributed by atoms with Crippen LogP contribution in [0, 0.1) is 0 Å². The van der Waals surface area contributed by atoms with Crippen LogP contribution >= 0.6 is 11.6 Å². The van der Waals surface area contributed by atoms with Gasteiger partial charge in [0.2, 0.25) is 5.90 Å². The second kappa shape index (κ2) is 8.93. The number of carbonyl (C=O) groups is 1. The standard InChI is InChI=1S/C22H22ClNO4/c1-4-14(3)27-19-11-10-15(13-20(19)26-5-2)12-18-22(25)28-21(24-18)16-8-6-7-9-17(16)23/h6-14H,4-5H2,1-3H3/b18-12-. The molecule has 1 aliphatic heterocycles. The molecule has 28 heavy (non-hydrogen) atoms.